The van der Waals surface area contributed by atoms with Crippen molar-refractivity contribution in [2.45, 2.75) is 33.6 Å². The van der Waals surface area contributed by atoms with Gasteiger partial charge in [0.2, 0.25) is 0 Å². The molecule has 0 radical (unpaired) electrons. The summed E-state index contributed by atoms with van der Waals surface area (Å²) in [5.74, 6) is 2.89. The molecule has 1 aliphatic carbocycles. The molecule has 0 aromatic heterocycles. The van der Waals surface area contributed by atoms with Gasteiger partial charge in [0, 0.05) is 0 Å². The fraction of sp³-hybridized carbons (Fsp3) is 0.800. The van der Waals surface area contributed by atoms with E-state index in [-0.39, 0.29) is 0 Å². The normalized spacial score (nSPS) is 38.9. The van der Waals surface area contributed by atoms with Gasteiger partial charge in [-0.05, 0) is 24.2 Å². The second-order valence-electron chi connectivity index (χ2n) is 3.34. The molecule has 0 aromatic carbocycles. The van der Waals surface area contributed by atoms with Crippen LogP contribution < -0.4 is 0 Å². The molecule has 0 nitrogen and oxygen atoms in total. The summed E-state index contributed by atoms with van der Waals surface area (Å²) in [4.78, 5) is 0. The predicted molar refractivity (Wildman–Crippen MR) is 45.9 cm³/mol. The number of rotatable bonds is 3. The number of hydrogen-bond donors (Lipinski definition) is 0. The standard InChI is InChI=1S/C10H18/c1-4-6-7-10-8(3)9(10)5-2/h6-10H,4-5H2,1-3H3. The molecule has 1 aliphatic rings. The molecule has 0 N–H and O–H groups in total. The Hall–Kier alpha value is -0.260. The van der Waals surface area contributed by atoms with Crippen LogP contribution in [0.25, 0.3) is 0 Å². The van der Waals surface area contributed by atoms with Crippen molar-refractivity contribution >= 4 is 0 Å². The molecule has 3 unspecified atom stereocenters. The average Bonchev–Trinajstić information content (AvgIpc) is 2.56. The molecule has 0 spiro atoms. The molecule has 1 fully saturated rings. The van der Waals surface area contributed by atoms with Gasteiger partial charge < -0.3 is 0 Å². The summed E-state index contributed by atoms with van der Waals surface area (Å²) in [6, 6.07) is 0. The molecule has 0 heterocycles. The van der Waals surface area contributed by atoms with E-state index in [0.29, 0.717) is 0 Å². The van der Waals surface area contributed by atoms with Crippen LogP contribution in [0.1, 0.15) is 33.6 Å². The molecule has 0 heteroatoms. The van der Waals surface area contributed by atoms with Gasteiger partial charge in [0.05, 0.1) is 0 Å². The minimum absolute atomic E-state index is 0.921. The monoisotopic (exact) mass is 138 g/mol. The zero-order valence-electron chi connectivity index (χ0n) is 7.30. The zero-order valence-corrected chi connectivity index (χ0v) is 7.30. The Balaban J connectivity index is 2.27. The Labute approximate surface area is 64.3 Å². The van der Waals surface area contributed by atoms with Gasteiger partial charge >= 0.3 is 0 Å². The molecule has 1 rings (SSSR count). The molecule has 1 saturated carbocycles. The van der Waals surface area contributed by atoms with Crippen LogP contribution in [0.15, 0.2) is 12.2 Å². The lowest BCUT2D eigenvalue weighted by atomic mass is 10.2. The maximum Gasteiger partial charge on any atom is -0.0174 e. The third-order valence-electron chi connectivity index (χ3n) is 2.70. The van der Waals surface area contributed by atoms with Crippen LogP contribution in [-0.2, 0) is 0 Å². The highest BCUT2D eigenvalue weighted by Gasteiger charge is 2.42. The maximum atomic E-state index is 2.40. The third-order valence-corrected chi connectivity index (χ3v) is 2.70. The first-order valence-corrected chi connectivity index (χ1v) is 4.47. The molecule has 0 bridgehead atoms. The molecule has 3 atom stereocenters. The van der Waals surface area contributed by atoms with Crippen LogP contribution in [0.3, 0.4) is 0 Å². The van der Waals surface area contributed by atoms with Crippen LogP contribution in [0, 0.1) is 17.8 Å². The highest BCUT2D eigenvalue weighted by atomic mass is 14.5. The van der Waals surface area contributed by atoms with Crippen molar-refractivity contribution in [3.8, 4) is 0 Å². The SMILES string of the molecule is CCC=CC1C(C)C1CC. The van der Waals surface area contributed by atoms with Crippen LogP contribution in [0.4, 0.5) is 0 Å². The van der Waals surface area contributed by atoms with E-state index in [1.807, 2.05) is 0 Å². The summed E-state index contributed by atoms with van der Waals surface area (Å²) in [6.07, 6.45) is 7.26. The summed E-state index contributed by atoms with van der Waals surface area (Å²) >= 11 is 0. The second kappa shape index (κ2) is 3.23. The Kier molecular flexibility index (Phi) is 2.53. The van der Waals surface area contributed by atoms with Gasteiger partial charge in [-0.15, -0.1) is 0 Å². The van der Waals surface area contributed by atoms with Gasteiger partial charge in [-0.3, -0.25) is 0 Å². The minimum atomic E-state index is 0.921. The first-order chi connectivity index (χ1) is 4.81. The van der Waals surface area contributed by atoms with Gasteiger partial charge in [0.15, 0.2) is 0 Å². The Bertz CT molecular complexity index is 124. The number of hydrogen-bond acceptors (Lipinski definition) is 0. The Morgan fingerprint density at radius 2 is 2.00 bits per heavy atom. The van der Waals surface area contributed by atoms with E-state index in [9.17, 15) is 0 Å². The van der Waals surface area contributed by atoms with E-state index < -0.39 is 0 Å². The minimum Gasteiger partial charge on any atom is -0.0885 e. The third kappa shape index (κ3) is 1.42. The molecule has 0 aliphatic heterocycles. The summed E-state index contributed by atoms with van der Waals surface area (Å²) in [6.45, 7) is 6.85. The summed E-state index contributed by atoms with van der Waals surface area (Å²) in [5.41, 5.74) is 0. The highest BCUT2D eigenvalue weighted by molar-refractivity contribution is 5.05. The lowest BCUT2D eigenvalue weighted by Gasteiger charge is -1.84. The highest BCUT2D eigenvalue weighted by Crippen LogP contribution is 2.48. The van der Waals surface area contributed by atoms with Crippen LogP contribution >= 0.6 is 0 Å². The van der Waals surface area contributed by atoms with Gasteiger partial charge in [-0.2, -0.15) is 0 Å². The lowest BCUT2D eigenvalue weighted by molar-refractivity contribution is 0.716. The molecule has 0 aromatic rings. The summed E-state index contributed by atoms with van der Waals surface area (Å²) in [7, 11) is 0. The van der Waals surface area contributed by atoms with Crippen molar-refractivity contribution in [2.75, 3.05) is 0 Å². The molecule has 58 valence electrons. The van der Waals surface area contributed by atoms with Crippen molar-refractivity contribution < 1.29 is 0 Å². The van der Waals surface area contributed by atoms with E-state index >= 15 is 0 Å². The van der Waals surface area contributed by atoms with E-state index in [1.54, 1.807) is 0 Å². The molecule has 0 amide bonds. The fourth-order valence-corrected chi connectivity index (χ4v) is 1.83. The van der Waals surface area contributed by atoms with Crippen LogP contribution in [-0.4, -0.2) is 0 Å². The van der Waals surface area contributed by atoms with Crippen molar-refractivity contribution in [1.82, 2.24) is 0 Å². The van der Waals surface area contributed by atoms with E-state index in [4.69, 9.17) is 0 Å². The molecular weight excluding hydrogens is 120 g/mol. The summed E-state index contributed by atoms with van der Waals surface area (Å²) < 4.78 is 0. The second-order valence-corrected chi connectivity index (χ2v) is 3.34. The zero-order chi connectivity index (χ0) is 7.56. The van der Waals surface area contributed by atoms with Gasteiger partial charge in [-0.25, -0.2) is 0 Å². The van der Waals surface area contributed by atoms with E-state index in [0.717, 1.165) is 17.8 Å². The largest absolute Gasteiger partial charge is 0.0885 e. The quantitative estimate of drug-likeness (QED) is 0.525. The van der Waals surface area contributed by atoms with Gasteiger partial charge in [0.25, 0.3) is 0 Å². The first kappa shape index (κ1) is 7.84. The van der Waals surface area contributed by atoms with Crippen molar-refractivity contribution in [1.29, 1.82) is 0 Å². The number of allylic oxidation sites excluding steroid dienone is 2. The van der Waals surface area contributed by atoms with E-state index in [2.05, 4.69) is 32.9 Å². The fourth-order valence-electron chi connectivity index (χ4n) is 1.83. The van der Waals surface area contributed by atoms with Crippen molar-refractivity contribution in [2.24, 2.45) is 17.8 Å². The average molecular weight is 138 g/mol. The molecular formula is C10H18. The topological polar surface area (TPSA) is 0 Å². The first-order valence-electron chi connectivity index (χ1n) is 4.47. The predicted octanol–water partition coefficient (Wildman–Crippen LogP) is 3.24. The smallest absolute Gasteiger partial charge is 0.0174 e. The molecule has 0 saturated heterocycles. The van der Waals surface area contributed by atoms with E-state index in [1.165, 1.54) is 12.8 Å². The Morgan fingerprint density at radius 1 is 1.30 bits per heavy atom. The van der Waals surface area contributed by atoms with Gasteiger partial charge in [0.1, 0.15) is 0 Å². The van der Waals surface area contributed by atoms with Gasteiger partial charge in [-0.1, -0.05) is 39.3 Å². The van der Waals surface area contributed by atoms with Crippen molar-refractivity contribution in [3.63, 3.8) is 0 Å². The van der Waals surface area contributed by atoms with Crippen molar-refractivity contribution in [3.05, 3.63) is 12.2 Å². The molecule has 10 heavy (non-hydrogen) atoms. The Morgan fingerprint density at radius 3 is 2.40 bits per heavy atom. The van der Waals surface area contributed by atoms with Crippen LogP contribution in [0.5, 0.6) is 0 Å². The van der Waals surface area contributed by atoms with Crippen LogP contribution in [0.2, 0.25) is 0 Å². The summed E-state index contributed by atoms with van der Waals surface area (Å²) in [5, 5.41) is 0. The maximum absolute atomic E-state index is 2.40. The lowest BCUT2D eigenvalue weighted by Crippen LogP contribution is -1.72.